The van der Waals surface area contributed by atoms with Crippen molar-refractivity contribution >= 4 is 27.3 Å². The summed E-state index contributed by atoms with van der Waals surface area (Å²) >= 11 is 5.43. The van der Waals surface area contributed by atoms with Crippen molar-refractivity contribution in [1.29, 1.82) is 0 Å². The van der Waals surface area contributed by atoms with Crippen LogP contribution >= 0.6 is 11.6 Å². The molecule has 0 bridgehead atoms. The number of hydrogen-bond donors (Lipinski definition) is 1. The highest BCUT2D eigenvalue weighted by Gasteiger charge is 2.13. The van der Waals surface area contributed by atoms with Crippen molar-refractivity contribution in [2.24, 2.45) is 0 Å². The highest BCUT2D eigenvalue weighted by molar-refractivity contribution is 7.92. The quantitative estimate of drug-likeness (QED) is 0.861. The number of hydrogen-bond acceptors (Lipinski definition) is 2. The third-order valence-corrected chi connectivity index (χ3v) is 2.17. The van der Waals surface area contributed by atoms with E-state index in [0.29, 0.717) is 6.07 Å². The number of halogens is 3. The lowest BCUT2D eigenvalue weighted by Crippen LogP contribution is -2.11. The molecule has 0 aliphatic carbocycles. The van der Waals surface area contributed by atoms with Gasteiger partial charge in [-0.25, -0.2) is 17.2 Å². The number of rotatable bonds is 2. The Labute approximate surface area is 84.7 Å². The van der Waals surface area contributed by atoms with Gasteiger partial charge in [0.1, 0.15) is 11.5 Å². The molecular formula is C7H6ClF2NO2S. The van der Waals surface area contributed by atoms with Crippen LogP contribution in [0.25, 0.3) is 0 Å². The Bertz CT molecular complexity index is 438. The van der Waals surface area contributed by atoms with Crippen LogP contribution in [0.4, 0.5) is 14.5 Å². The van der Waals surface area contributed by atoms with E-state index < -0.39 is 27.3 Å². The second-order valence-corrected chi connectivity index (χ2v) is 4.77. The molecule has 14 heavy (non-hydrogen) atoms. The highest BCUT2D eigenvalue weighted by Crippen LogP contribution is 2.26. The van der Waals surface area contributed by atoms with E-state index in [1.807, 2.05) is 4.72 Å². The number of anilines is 1. The van der Waals surface area contributed by atoms with Crippen LogP contribution in [-0.4, -0.2) is 14.7 Å². The summed E-state index contributed by atoms with van der Waals surface area (Å²) in [6.07, 6.45) is 0.839. The first-order valence-electron chi connectivity index (χ1n) is 3.42. The third kappa shape index (κ3) is 2.81. The molecule has 0 aliphatic rings. The molecule has 1 rings (SSSR count). The van der Waals surface area contributed by atoms with E-state index in [9.17, 15) is 17.2 Å². The van der Waals surface area contributed by atoms with Crippen LogP contribution in [0.15, 0.2) is 12.1 Å². The summed E-state index contributed by atoms with van der Waals surface area (Å²) in [5.41, 5.74) is -0.449. The highest BCUT2D eigenvalue weighted by atomic mass is 35.5. The largest absolute Gasteiger partial charge is 0.279 e. The summed E-state index contributed by atoms with van der Waals surface area (Å²) in [5, 5.41) is -0.326. The summed E-state index contributed by atoms with van der Waals surface area (Å²) < 4.78 is 48.9. The first kappa shape index (κ1) is 11.2. The van der Waals surface area contributed by atoms with Gasteiger partial charge in [-0.3, -0.25) is 4.72 Å². The predicted molar refractivity (Wildman–Crippen MR) is 49.8 cm³/mol. The lowest BCUT2D eigenvalue weighted by atomic mass is 10.3. The van der Waals surface area contributed by atoms with E-state index in [1.165, 1.54) is 0 Å². The minimum absolute atomic E-state index is 0.326. The van der Waals surface area contributed by atoms with Crippen LogP contribution in [0.2, 0.25) is 5.02 Å². The maximum absolute atomic E-state index is 13.0. The fourth-order valence-electron chi connectivity index (χ4n) is 0.825. The van der Waals surface area contributed by atoms with Gasteiger partial charge in [0, 0.05) is 6.07 Å². The summed E-state index contributed by atoms with van der Waals surface area (Å²) in [7, 11) is -3.63. The minimum Gasteiger partial charge on any atom is -0.279 e. The van der Waals surface area contributed by atoms with Gasteiger partial charge in [-0.05, 0) is 6.07 Å². The van der Waals surface area contributed by atoms with Crippen molar-refractivity contribution in [3.8, 4) is 0 Å². The molecule has 3 nitrogen and oxygen atoms in total. The van der Waals surface area contributed by atoms with E-state index in [-0.39, 0.29) is 5.02 Å². The zero-order valence-electron chi connectivity index (χ0n) is 7.01. The Morgan fingerprint density at radius 3 is 2.36 bits per heavy atom. The summed E-state index contributed by atoms with van der Waals surface area (Å²) in [6.45, 7) is 0. The average Bonchev–Trinajstić information content (AvgIpc) is 1.95. The van der Waals surface area contributed by atoms with Crippen LogP contribution in [0, 0.1) is 11.6 Å². The Balaban J connectivity index is 3.22. The van der Waals surface area contributed by atoms with Gasteiger partial charge >= 0.3 is 0 Å². The average molecular weight is 242 g/mol. The van der Waals surface area contributed by atoms with Crippen molar-refractivity contribution in [3.63, 3.8) is 0 Å². The van der Waals surface area contributed by atoms with Gasteiger partial charge in [0.15, 0.2) is 5.82 Å². The molecule has 0 fully saturated rings. The Morgan fingerprint density at radius 1 is 1.36 bits per heavy atom. The molecule has 0 radical (unpaired) electrons. The van der Waals surface area contributed by atoms with Crippen LogP contribution in [0.1, 0.15) is 0 Å². The first-order chi connectivity index (χ1) is 6.29. The first-order valence-corrected chi connectivity index (χ1v) is 5.69. The Hall–Kier alpha value is -0.880. The molecule has 0 saturated carbocycles. The van der Waals surface area contributed by atoms with E-state index >= 15 is 0 Å². The van der Waals surface area contributed by atoms with Crippen molar-refractivity contribution in [2.45, 2.75) is 0 Å². The molecule has 0 aliphatic heterocycles. The number of sulfonamides is 1. The maximum atomic E-state index is 13.0. The maximum Gasteiger partial charge on any atom is 0.229 e. The van der Waals surface area contributed by atoms with Crippen LogP contribution < -0.4 is 4.72 Å². The SMILES string of the molecule is CS(=O)(=O)Nc1c(F)cc(F)cc1Cl. The molecule has 0 amide bonds. The van der Waals surface area contributed by atoms with Gasteiger partial charge in [-0.2, -0.15) is 0 Å². The van der Waals surface area contributed by atoms with Crippen molar-refractivity contribution < 1.29 is 17.2 Å². The van der Waals surface area contributed by atoms with Crippen LogP contribution in [0.5, 0.6) is 0 Å². The van der Waals surface area contributed by atoms with E-state index in [4.69, 9.17) is 11.6 Å². The molecule has 0 aromatic heterocycles. The topological polar surface area (TPSA) is 46.2 Å². The van der Waals surface area contributed by atoms with Crippen molar-refractivity contribution in [1.82, 2.24) is 0 Å². The van der Waals surface area contributed by atoms with E-state index in [1.54, 1.807) is 0 Å². The molecule has 1 aromatic rings. The number of nitrogens with one attached hydrogen (secondary N) is 1. The second-order valence-electron chi connectivity index (χ2n) is 2.62. The molecule has 7 heteroatoms. The fraction of sp³-hybridized carbons (Fsp3) is 0.143. The molecule has 0 spiro atoms. The molecule has 1 N–H and O–H groups in total. The van der Waals surface area contributed by atoms with Gasteiger partial charge in [0.05, 0.1) is 11.3 Å². The number of benzene rings is 1. The summed E-state index contributed by atoms with van der Waals surface area (Å²) in [4.78, 5) is 0. The van der Waals surface area contributed by atoms with E-state index in [2.05, 4.69) is 0 Å². The summed E-state index contributed by atoms with van der Waals surface area (Å²) in [6, 6.07) is 1.36. The predicted octanol–water partition coefficient (Wildman–Crippen LogP) is 1.99. The van der Waals surface area contributed by atoms with Gasteiger partial charge in [0.25, 0.3) is 0 Å². The van der Waals surface area contributed by atoms with Gasteiger partial charge in [-0.1, -0.05) is 11.6 Å². The molecule has 0 saturated heterocycles. The van der Waals surface area contributed by atoms with Crippen LogP contribution in [-0.2, 0) is 10.0 Å². The minimum atomic E-state index is -3.63. The second kappa shape index (κ2) is 3.70. The Kier molecular flexibility index (Phi) is 2.96. The molecule has 78 valence electrons. The van der Waals surface area contributed by atoms with Crippen molar-refractivity contribution in [3.05, 3.63) is 28.8 Å². The fourth-order valence-corrected chi connectivity index (χ4v) is 1.70. The van der Waals surface area contributed by atoms with Crippen molar-refractivity contribution in [2.75, 3.05) is 11.0 Å². The summed E-state index contributed by atoms with van der Waals surface area (Å²) in [5.74, 6) is -1.92. The monoisotopic (exact) mass is 241 g/mol. The molecule has 1 aromatic carbocycles. The van der Waals surface area contributed by atoms with Gasteiger partial charge in [-0.15, -0.1) is 0 Å². The molecule has 0 heterocycles. The molecule has 0 unspecified atom stereocenters. The van der Waals surface area contributed by atoms with Crippen LogP contribution in [0.3, 0.4) is 0 Å². The normalized spacial score (nSPS) is 11.4. The lowest BCUT2D eigenvalue weighted by molar-refractivity contribution is 0.583. The lowest BCUT2D eigenvalue weighted by Gasteiger charge is -2.07. The van der Waals surface area contributed by atoms with Gasteiger partial charge < -0.3 is 0 Å². The molecular weight excluding hydrogens is 236 g/mol. The Morgan fingerprint density at radius 2 is 1.93 bits per heavy atom. The van der Waals surface area contributed by atoms with Gasteiger partial charge in [0.2, 0.25) is 10.0 Å². The molecule has 0 atom stereocenters. The standard InChI is InChI=1S/C7H6ClF2NO2S/c1-14(12,13)11-7-5(8)2-4(9)3-6(7)10/h2-3,11H,1H3. The zero-order valence-corrected chi connectivity index (χ0v) is 8.59. The zero-order chi connectivity index (χ0) is 10.9. The smallest absolute Gasteiger partial charge is 0.229 e. The third-order valence-electron chi connectivity index (χ3n) is 1.29. The van der Waals surface area contributed by atoms with E-state index in [0.717, 1.165) is 12.3 Å².